The lowest BCUT2D eigenvalue weighted by Crippen LogP contribution is -1.59. The Kier molecular flexibility index (Phi) is 55.6. The highest BCUT2D eigenvalue weighted by molar-refractivity contribution is 4.24. The molecule has 0 aliphatic carbocycles. The van der Waals surface area contributed by atoms with Crippen LogP contribution in [-0.2, 0) is 0 Å². The normalized spacial score (nSPS) is 6.00. The highest BCUT2D eigenvalue weighted by Crippen LogP contribution is 1.88. The predicted octanol–water partition coefficient (Wildman–Crippen LogP) is 3.38. The number of halogens is 1. The van der Waals surface area contributed by atoms with E-state index in [2.05, 4.69) is 13.8 Å². The first-order chi connectivity index (χ1) is 3.41. The van der Waals surface area contributed by atoms with Crippen molar-refractivity contribution in [2.24, 2.45) is 0 Å². The van der Waals surface area contributed by atoms with Crippen LogP contribution in [0.4, 0.5) is 4.70 Å². The third-order valence-corrected chi connectivity index (χ3v) is 0.707. The van der Waals surface area contributed by atoms with Gasteiger partial charge in [-0.3, -0.25) is 4.70 Å². The van der Waals surface area contributed by atoms with Crippen molar-refractivity contribution < 1.29 is 4.70 Å². The fourth-order valence-electron chi connectivity index (χ4n) is 0.354. The van der Waals surface area contributed by atoms with E-state index in [-0.39, 0.29) is 4.70 Å². The van der Waals surface area contributed by atoms with Gasteiger partial charge in [0.15, 0.2) is 0 Å². The molecule has 0 aliphatic rings. The van der Waals surface area contributed by atoms with E-state index in [4.69, 9.17) is 0 Å². The number of unbranched alkanes of at least 4 members (excludes halogenated alkanes) is 2. The molecule has 0 aromatic rings. The topological polar surface area (TPSA) is 0 Å². The van der Waals surface area contributed by atoms with Gasteiger partial charge in [0.2, 0.25) is 0 Å². The summed E-state index contributed by atoms with van der Waals surface area (Å²) in [5.74, 6) is 0. The maximum absolute atomic E-state index is 2.21. The molecule has 8 heavy (non-hydrogen) atoms. The van der Waals surface area contributed by atoms with E-state index in [1.165, 1.54) is 19.3 Å². The van der Waals surface area contributed by atoms with E-state index < -0.39 is 0 Å². The molecule has 0 spiro atoms. The molecule has 0 rings (SSSR count). The maximum atomic E-state index is 2.21. The number of rotatable bonds is 2. The summed E-state index contributed by atoms with van der Waals surface area (Å²) < 4.78 is 0. The van der Waals surface area contributed by atoms with Crippen LogP contribution in [0.2, 0.25) is 0 Å². The van der Waals surface area contributed by atoms with Crippen LogP contribution in [0.3, 0.4) is 0 Å². The Hall–Kier alpha value is -0.0700. The average molecular weight is 122 g/mol. The smallest absolute Gasteiger partial charge is 0.0538 e. The molecule has 1 heteroatoms. The van der Waals surface area contributed by atoms with Gasteiger partial charge in [-0.15, -0.1) is 0 Å². The highest BCUT2D eigenvalue weighted by atomic mass is 19.0. The largest absolute Gasteiger partial charge is 0.269 e. The lowest BCUT2D eigenvalue weighted by atomic mass is 10.3. The third kappa shape index (κ3) is 38.7. The maximum Gasteiger partial charge on any atom is -0.0538 e. The van der Waals surface area contributed by atoms with E-state index >= 15 is 0 Å². The molecule has 0 aromatic heterocycles. The van der Waals surface area contributed by atoms with Crippen LogP contribution in [-0.4, -0.2) is 0 Å². The van der Waals surface area contributed by atoms with Gasteiger partial charge >= 0.3 is 0 Å². The van der Waals surface area contributed by atoms with Gasteiger partial charge in [0.1, 0.15) is 0 Å². The lowest BCUT2D eigenvalue weighted by Gasteiger charge is -1.79. The van der Waals surface area contributed by atoms with Gasteiger partial charge in [0.05, 0.1) is 0 Å². The second-order valence-electron chi connectivity index (χ2n) is 1.35. The molecule has 0 aliphatic heterocycles. The molecule has 0 saturated heterocycles. The molecule has 0 fully saturated rings. The molecule has 0 unspecified atom stereocenters. The zero-order valence-corrected chi connectivity index (χ0v) is 6.53. The van der Waals surface area contributed by atoms with Gasteiger partial charge in [-0.2, -0.15) is 0 Å². The fourth-order valence-corrected chi connectivity index (χ4v) is 0.354. The molecular formula is C7H19F. The Balaban J connectivity index is -0.0000000750. The molecule has 0 radical (unpaired) electrons. The van der Waals surface area contributed by atoms with E-state index in [0.717, 1.165) is 0 Å². The second kappa shape index (κ2) is 28.4. The van der Waals surface area contributed by atoms with Crippen molar-refractivity contribution in [1.82, 2.24) is 0 Å². The Morgan fingerprint density at radius 2 is 1.12 bits per heavy atom. The van der Waals surface area contributed by atoms with Crippen LogP contribution < -0.4 is 0 Å². The molecule has 0 bridgehead atoms. The molecule has 54 valence electrons. The van der Waals surface area contributed by atoms with Crippen LogP contribution in [0, 0.1) is 0 Å². The van der Waals surface area contributed by atoms with Crippen molar-refractivity contribution in [3.8, 4) is 0 Å². The minimum Gasteiger partial charge on any atom is -0.269 e. The minimum atomic E-state index is 0. The molecule has 0 heterocycles. The van der Waals surface area contributed by atoms with Gasteiger partial charge in [0.25, 0.3) is 0 Å². The van der Waals surface area contributed by atoms with E-state index in [9.17, 15) is 0 Å². The zero-order chi connectivity index (χ0) is 6.12. The Labute approximate surface area is 52.7 Å². The average Bonchev–Trinajstić information content (AvgIpc) is 1.75. The Bertz CT molecular complexity index is 11.9. The van der Waals surface area contributed by atoms with Crippen LogP contribution in [0.25, 0.3) is 0 Å². The first-order valence-electron chi connectivity index (χ1n) is 3.41. The van der Waals surface area contributed by atoms with Crippen molar-refractivity contribution in [1.29, 1.82) is 0 Å². The molecular weight excluding hydrogens is 103 g/mol. The van der Waals surface area contributed by atoms with E-state index in [0.29, 0.717) is 0 Å². The predicted molar refractivity (Wildman–Crippen MR) is 39.0 cm³/mol. The molecule has 0 aromatic carbocycles. The SMILES string of the molecule is CC.CCCCC.F. The second-order valence-corrected chi connectivity index (χ2v) is 1.35. The van der Waals surface area contributed by atoms with E-state index in [1.807, 2.05) is 13.8 Å². The zero-order valence-electron chi connectivity index (χ0n) is 6.53. The molecule has 0 nitrogen and oxygen atoms in total. The van der Waals surface area contributed by atoms with Gasteiger partial charge in [0, 0.05) is 0 Å². The summed E-state index contributed by atoms with van der Waals surface area (Å²) in [5, 5.41) is 0. The summed E-state index contributed by atoms with van der Waals surface area (Å²) in [6, 6.07) is 0. The lowest BCUT2D eigenvalue weighted by molar-refractivity contribution is 0.772. The van der Waals surface area contributed by atoms with Gasteiger partial charge < -0.3 is 0 Å². The Morgan fingerprint density at radius 3 is 1.12 bits per heavy atom. The van der Waals surface area contributed by atoms with Crippen molar-refractivity contribution in [2.75, 3.05) is 0 Å². The summed E-state index contributed by atoms with van der Waals surface area (Å²) in [7, 11) is 0. The number of hydrogen-bond acceptors (Lipinski definition) is 0. The van der Waals surface area contributed by atoms with Crippen molar-refractivity contribution in [3.05, 3.63) is 0 Å². The van der Waals surface area contributed by atoms with Crippen molar-refractivity contribution in [3.63, 3.8) is 0 Å². The van der Waals surface area contributed by atoms with Crippen LogP contribution >= 0.6 is 0 Å². The monoisotopic (exact) mass is 122 g/mol. The first-order valence-corrected chi connectivity index (χ1v) is 3.41. The summed E-state index contributed by atoms with van der Waals surface area (Å²) >= 11 is 0. The van der Waals surface area contributed by atoms with Crippen LogP contribution in [0.5, 0.6) is 0 Å². The molecule has 0 saturated carbocycles. The third-order valence-electron chi connectivity index (χ3n) is 0.707. The summed E-state index contributed by atoms with van der Waals surface area (Å²) in [5.41, 5.74) is 0. The van der Waals surface area contributed by atoms with Crippen LogP contribution in [0.1, 0.15) is 47.0 Å². The standard InChI is InChI=1S/C5H12.C2H6.FH/c1-3-5-4-2;1-2;/h3-5H2,1-2H3;1-2H3;1H. The number of hydrogen-bond donors (Lipinski definition) is 0. The van der Waals surface area contributed by atoms with Gasteiger partial charge in [-0.25, -0.2) is 0 Å². The molecule has 0 atom stereocenters. The molecule has 0 amide bonds. The van der Waals surface area contributed by atoms with Crippen molar-refractivity contribution in [2.45, 2.75) is 47.0 Å². The molecule has 0 N–H and O–H groups in total. The van der Waals surface area contributed by atoms with Crippen molar-refractivity contribution >= 4 is 0 Å². The Morgan fingerprint density at radius 1 is 0.875 bits per heavy atom. The summed E-state index contributed by atoms with van der Waals surface area (Å²) in [6.45, 7) is 8.42. The quantitative estimate of drug-likeness (QED) is 0.526. The summed E-state index contributed by atoms with van der Waals surface area (Å²) in [4.78, 5) is 0. The van der Waals surface area contributed by atoms with Gasteiger partial charge in [-0.1, -0.05) is 47.0 Å². The summed E-state index contributed by atoms with van der Waals surface area (Å²) in [6.07, 6.45) is 4.08. The van der Waals surface area contributed by atoms with Gasteiger partial charge in [-0.05, 0) is 0 Å². The minimum absolute atomic E-state index is 0. The fraction of sp³-hybridized carbons (Fsp3) is 1.00. The highest BCUT2D eigenvalue weighted by Gasteiger charge is 1.68. The van der Waals surface area contributed by atoms with E-state index in [1.54, 1.807) is 0 Å². The first kappa shape index (κ1) is 15.7. The van der Waals surface area contributed by atoms with Crippen LogP contribution in [0.15, 0.2) is 0 Å².